The number of likely N-dealkylation sites (N-methyl/N-ethyl adjacent to an activating group) is 1. The molecule has 0 saturated heterocycles. The van der Waals surface area contributed by atoms with E-state index < -0.39 is 38.5 Å². The first-order valence-electron chi connectivity index (χ1n) is 5.48. The van der Waals surface area contributed by atoms with E-state index in [1.54, 1.807) is 0 Å². The zero-order valence-electron chi connectivity index (χ0n) is 10.8. The summed E-state index contributed by atoms with van der Waals surface area (Å²) in [7, 11) is -2.00. The van der Waals surface area contributed by atoms with E-state index in [0.29, 0.717) is 16.4 Å². The minimum atomic E-state index is -4.39. The lowest BCUT2D eigenvalue weighted by molar-refractivity contribution is 0.0554. The Morgan fingerprint density at radius 3 is 2.45 bits per heavy atom. The average Bonchev–Trinajstić information content (AvgIpc) is 2.35. The van der Waals surface area contributed by atoms with Crippen molar-refractivity contribution in [2.75, 3.05) is 27.3 Å². The van der Waals surface area contributed by atoms with Gasteiger partial charge in [0.1, 0.15) is 4.90 Å². The van der Waals surface area contributed by atoms with Gasteiger partial charge in [-0.3, -0.25) is 0 Å². The molecule has 1 rings (SSSR count). The molecule has 0 aromatic heterocycles. The normalized spacial score (nSPS) is 13.8. The van der Waals surface area contributed by atoms with Crippen molar-refractivity contribution in [2.24, 2.45) is 0 Å². The van der Waals surface area contributed by atoms with Gasteiger partial charge in [0, 0.05) is 20.7 Å². The van der Waals surface area contributed by atoms with Crippen molar-refractivity contribution in [2.45, 2.75) is 11.0 Å². The first-order chi connectivity index (χ1) is 9.21. The summed E-state index contributed by atoms with van der Waals surface area (Å²) in [6.45, 7) is -0.505. The molecular weight excluding hydrogens is 299 g/mol. The number of rotatable bonds is 6. The number of ether oxygens (including phenoxy) is 1. The smallest absolute Gasteiger partial charge is 0.245 e. The summed E-state index contributed by atoms with van der Waals surface area (Å²) in [5, 5.41) is 9.44. The minimum Gasteiger partial charge on any atom is -0.389 e. The van der Waals surface area contributed by atoms with E-state index in [1.807, 2.05) is 0 Å². The first-order valence-corrected chi connectivity index (χ1v) is 6.92. The Labute approximate surface area is 114 Å². The third-order valence-corrected chi connectivity index (χ3v) is 4.36. The third-order valence-electron chi connectivity index (χ3n) is 2.51. The zero-order chi connectivity index (χ0) is 15.5. The van der Waals surface area contributed by atoms with Gasteiger partial charge in [-0.15, -0.1) is 0 Å². The Hall–Kier alpha value is -1.16. The number of hydrogen-bond acceptors (Lipinski definition) is 4. The Morgan fingerprint density at radius 1 is 1.30 bits per heavy atom. The predicted octanol–water partition coefficient (Wildman–Crippen LogP) is 0.732. The molecule has 9 heteroatoms. The largest absolute Gasteiger partial charge is 0.389 e. The molecule has 20 heavy (non-hydrogen) atoms. The molecular formula is C11H14F3NO4S. The molecule has 1 unspecified atom stereocenters. The van der Waals surface area contributed by atoms with Gasteiger partial charge >= 0.3 is 0 Å². The number of benzene rings is 1. The summed E-state index contributed by atoms with van der Waals surface area (Å²) >= 11 is 0. The Morgan fingerprint density at radius 2 is 1.90 bits per heavy atom. The highest BCUT2D eigenvalue weighted by molar-refractivity contribution is 7.89. The van der Waals surface area contributed by atoms with Crippen LogP contribution in [0.25, 0.3) is 0 Å². The lowest BCUT2D eigenvalue weighted by Gasteiger charge is -2.20. The molecule has 1 aromatic rings. The molecule has 0 spiro atoms. The average molecular weight is 313 g/mol. The summed E-state index contributed by atoms with van der Waals surface area (Å²) in [5.41, 5.74) is 0. The fraction of sp³-hybridized carbons (Fsp3) is 0.455. The summed E-state index contributed by atoms with van der Waals surface area (Å²) in [6, 6.07) is 1.15. The topological polar surface area (TPSA) is 66.8 Å². The molecule has 0 bridgehead atoms. The number of methoxy groups -OCH3 is 1. The molecule has 0 aliphatic heterocycles. The first kappa shape index (κ1) is 16.9. The van der Waals surface area contributed by atoms with Crippen molar-refractivity contribution in [3.05, 3.63) is 29.6 Å². The monoisotopic (exact) mass is 313 g/mol. The van der Waals surface area contributed by atoms with Gasteiger partial charge in [0.05, 0.1) is 12.7 Å². The number of aliphatic hydroxyl groups excluding tert-OH is 1. The lowest BCUT2D eigenvalue weighted by Crippen LogP contribution is -2.36. The second-order valence-electron chi connectivity index (χ2n) is 4.07. The molecule has 1 N–H and O–H groups in total. The highest BCUT2D eigenvalue weighted by Crippen LogP contribution is 2.22. The molecule has 0 fully saturated rings. The standard InChI is InChI=1S/C11H14F3NO4S/c1-15(5-7(16)6-19-2)20(17,18)9-4-3-8(12)10(13)11(9)14/h3-4,7,16H,5-6H2,1-2H3. The van der Waals surface area contributed by atoms with E-state index in [0.717, 1.165) is 7.05 Å². The van der Waals surface area contributed by atoms with E-state index in [9.17, 15) is 26.7 Å². The fourth-order valence-electron chi connectivity index (χ4n) is 1.52. The fourth-order valence-corrected chi connectivity index (χ4v) is 2.78. The van der Waals surface area contributed by atoms with Gasteiger partial charge in [0.2, 0.25) is 10.0 Å². The predicted molar refractivity (Wildman–Crippen MR) is 64.0 cm³/mol. The van der Waals surface area contributed by atoms with Crippen LogP contribution in [0.1, 0.15) is 0 Å². The Bertz CT molecular complexity index is 579. The van der Waals surface area contributed by atoms with Crippen molar-refractivity contribution in [1.29, 1.82) is 0 Å². The molecule has 0 saturated carbocycles. The van der Waals surface area contributed by atoms with Crippen molar-refractivity contribution < 1.29 is 31.4 Å². The second-order valence-corrected chi connectivity index (χ2v) is 6.08. The Balaban J connectivity index is 3.08. The van der Waals surface area contributed by atoms with Gasteiger partial charge in [-0.2, -0.15) is 4.31 Å². The van der Waals surface area contributed by atoms with Crippen LogP contribution < -0.4 is 0 Å². The van der Waals surface area contributed by atoms with Crippen LogP contribution in [-0.4, -0.2) is 51.2 Å². The van der Waals surface area contributed by atoms with Crippen molar-refractivity contribution in [3.8, 4) is 0 Å². The molecule has 0 radical (unpaired) electrons. The number of hydrogen-bond donors (Lipinski definition) is 1. The van der Waals surface area contributed by atoms with Crippen LogP contribution in [0.3, 0.4) is 0 Å². The second kappa shape index (κ2) is 6.53. The van der Waals surface area contributed by atoms with E-state index in [1.165, 1.54) is 7.11 Å². The van der Waals surface area contributed by atoms with Gasteiger partial charge in [-0.05, 0) is 12.1 Å². The summed E-state index contributed by atoms with van der Waals surface area (Å²) < 4.78 is 68.6. The maximum Gasteiger partial charge on any atom is 0.245 e. The van der Waals surface area contributed by atoms with Crippen LogP contribution in [0.2, 0.25) is 0 Å². The van der Waals surface area contributed by atoms with E-state index in [-0.39, 0.29) is 13.2 Å². The summed E-state index contributed by atoms with van der Waals surface area (Å²) in [5.74, 6) is -5.14. The quantitative estimate of drug-likeness (QED) is 0.786. The summed E-state index contributed by atoms with van der Waals surface area (Å²) in [4.78, 5) is -0.997. The lowest BCUT2D eigenvalue weighted by atomic mass is 10.3. The molecule has 1 atom stereocenters. The number of aliphatic hydroxyl groups is 1. The third kappa shape index (κ3) is 3.48. The van der Waals surface area contributed by atoms with Crippen molar-refractivity contribution in [1.82, 2.24) is 4.31 Å². The van der Waals surface area contributed by atoms with Gasteiger partial charge in [-0.25, -0.2) is 21.6 Å². The van der Waals surface area contributed by atoms with Gasteiger partial charge in [-0.1, -0.05) is 0 Å². The highest BCUT2D eigenvalue weighted by Gasteiger charge is 2.28. The minimum absolute atomic E-state index is 0.125. The van der Waals surface area contributed by atoms with Crippen LogP contribution in [0.4, 0.5) is 13.2 Å². The molecule has 1 aromatic carbocycles. The molecule has 0 aliphatic carbocycles. The van der Waals surface area contributed by atoms with Crippen molar-refractivity contribution >= 4 is 10.0 Å². The molecule has 5 nitrogen and oxygen atoms in total. The van der Waals surface area contributed by atoms with E-state index in [2.05, 4.69) is 4.74 Å². The van der Waals surface area contributed by atoms with E-state index in [4.69, 9.17) is 0 Å². The zero-order valence-corrected chi connectivity index (χ0v) is 11.6. The van der Waals surface area contributed by atoms with Crippen LogP contribution in [0, 0.1) is 17.5 Å². The molecule has 114 valence electrons. The number of nitrogens with zero attached hydrogens (tertiary/aromatic N) is 1. The Kier molecular flexibility index (Phi) is 5.51. The highest BCUT2D eigenvalue weighted by atomic mass is 32.2. The van der Waals surface area contributed by atoms with Crippen LogP contribution in [0.5, 0.6) is 0 Å². The number of halogens is 3. The van der Waals surface area contributed by atoms with Crippen LogP contribution >= 0.6 is 0 Å². The number of sulfonamides is 1. The van der Waals surface area contributed by atoms with Gasteiger partial charge in [0.25, 0.3) is 0 Å². The van der Waals surface area contributed by atoms with Crippen LogP contribution in [-0.2, 0) is 14.8 Å². The van der Waals surface area contributed by atoms with E-state index >= 15 is 0 Å². The molecule has 0 heterocycles. The van der Waals surface area contributed by atoms with Crippen LogP contribution in [0.15, 0.2) is 17.0 Å². The SMILES string of the molecule is COCC(O)CN(C)S(=O)(=O)c1ccc(F)c(F)c1F. The maximum absolute atomic E-state index is 13.5. The molecule has 0 amide bonds. The molecule has 0 aliphatic rings. The van der Waals surface area contributed by atoms with Crippen molar-refractivity contribution in [3.63, 3.8) is 0 Å². The summed E-state index contributed by atoms with van der Waals surface area (Å²) in [6.07, 6.45) is -1.13. The maximum atomic E-state index is 13.5. The van der Waals surface area contributed by atoms with Gasteiger partial charge in [0.15, 0.2) is 17.5 Å². The van der Waals surface area contributed by atoms with Gasteiger partial charge < -0.3 is 9.84 Å².